The van der Waals surface area contributed by atoms with Crippen molar-refractivity contribution >= 4 is 11.8 Å². The van der Waals surface area contributed by atoms with E-state index < -0.39 is 0 Å². The van der Waals surface area contributed by atoms with Gasteiger partial charge >= 0.3 is 6.09 Å². The van der Waals surface area contributed by atoms with Gasteiger partial charge in [0.2, 0.25) is 0 Å². The SMILES string of the molecule is C[C@@H](c1ccc(N)cc1)N(C)C(=O)OCc1ccccc1. The summed E-state index contributed by atoms with van der Waals surface area (Å²) in [6, 6.07) is 17.0. The lowest BCUT2D eigenvalue weighted by Gasteiger charge is -2.24. The van der Waals surface area contributed by atoms with Gasteiger partial charge in [-0.1, -0.05) is 42.5 Å². The Bertz CT molecular complexity index is 581. The standard InChI is InChI=1S/C17H20N2O2/c1-13(15-8-10-16(18)11-9-15)19(2)17(20)21-12-14-6-4-3-5-7-14/h3-11,13H,12,18H2,1-2H3/t13-/m0/s1. The van der Waals surface area contributed by atoms with Crippen molar-refractivity contribution in [1.82, 2.24) is 4.90 Å². The number of ether oxygens (including phenoxy) is 1. The molecule has 2 N–H and O–H groups in total. The van der Waals surface area contributed by atoms with Gasteiger partial charge in [-0.15, -0.1) is 0 Å². The van der Waals surface area contributed by atoms with Crippen molar-refractivity contribution in [3.8, 4) is 0 Å². The fraction of sp³-hybridized carbons (Fsp3) is 0.235. The predicted molar refractivity (Wildman–Crippen MR) is 83.7 cm³/mol. The Kier molecular flexibility index (Phi) is 4.82. The molecule has 0 radical (unpaired) electrons. The van der Waals surface area contributed by atoms with Crippen LogP contribution in [0.15, 0.2) is 54.6 Å². The molecule has 0 aliphatic heterocycles. The van der Waals surface area contributed by atoms with Gasteiger partial charge in [0.15, 0.2) is 0 Å². The van der Waals surface area contributed by atoms with Crippen LogP contribution in [0.5, 0.6) is 0 Å². The van der Waals surface area contributed by atoms with E-state index in [0.29, 0.717) is 5.69 Å². The molecule has 2 aromatic rings. The average Bonchev–Trinajstić information content (AvgIpc) is 2.53. The van der Waals surface area contributed by atoms with E-state index in [4.69, 9.17) is 10.5 Å². The summed E-state index contributed by atoms with van der Waals surface area (Å²) in [4.78, 5) is 13.7. The summed E-state index contributed by atoms with van der Waals surface area (Å²) in [6.07, 6.45) is -0.344. The second-order valence-corrected chi connectivity index (χ2v) is 4.99. The molecule has 4 nitrogen and oxygen atoms in total. The zero-order valence-electron chi connectivity index (χ0n) is 12.3. The van der Waals surface area contributed by atoms with E-state index in [1.807, 2.05) is 61.5 Å². The van der Waals surface area contributed by atoms with Crippen LogP contribution in [0.3, 0.4) is 0 Å². The molecule has 1 atom stereocenters. The molecule has 0 bridgehead atoms. The van der Waals surface area contributed by atoms with Crippen molar-refractivity contribution in [2.24, 2.45) is 0 Å². The first-order valence-corrected chi connectivity index (χ1v) is 6.87. The molecule has 1 amide bonds. The Morgan fingerprint density at radius 3 is 2.38 bits per heavy atom. The minimum Gasteiger partial charge on any atom is -0.445 e. The third-order valence-electron chi connectivity index (χ3n) is 3.49. The van der Waals surface area contributed by atoms with E-state index in [1.54, 1.807) is 11.9 Å². The van der Waals surface area contributed by atoms with Gasteiger partial charge in [-0.3, -0.25) is 0 Å². The van der Waals surface area contributed by atoms with E-state index >= 15 is 0 Å². The Hall–Kier alpha value is -2.49. The normalized spacial score (nSPS) is 11.7. The molecule has 2 aromatic carbocycles. The average molecular weight is 284 g/mol. The molecular weight excluding hydrogens is 264 g/mol. The Morgan fingerprint density at radius 1 is 1.14 bits per heavy atom. The van der Waals surface area contributed by atoms with Crippen LogP contribution in [0.4, 0.5) is 10.5 Å². The first-order chi connectivity index (χ1) is 10.1. The van der Waals surface area contributed by atoms with Gasteiger partial charge in [0.25, 0.3) is 0 Å². The van der Waals surface area contributed by atoms with Crippen molar-refractivity contribution in [1.29, 1.82) is 0 Å². The van der Waals surface area contributed by atoms with Crippen LogP contribution in [0.2, 0.25) is 0 Å². The Morgan fingerprint density at radius 2 is 1.76 bits per heavy atom. The van der Waals surface area contributed by atoms with E-state index in [1.165, 1.54) is 0 Å². The number of nitrogen functional groups attached to an aromatic ring is 1. The highest BCUT2D eigenvalue weighted by Crippen LogP contribution is 2.20. The van der Waals surface area contributed by atoms with Crippen LogP contribution in [0.1, 0.15) is 24.1 Å². The van der Waals surface area contributed by atoms with Crippen molar-refractivity contribution in [3.05, 3.63) is 65.7 Å². The molecule has 2 rings (SSSR count). The number of amides is 1. The molecule has 21 heavy (non-hydrogen) atoms. The van der Waals surface area contributed by atoms with Crippen molar-refractivity contribution in [2.45, 2.75) is 19.6 Å². The number of hydrogen-bond acceptors (Lipinski definition) is 3. The summed E-state index contributed by atoms with van der Waals surface area (Å²) >= 11 is 0. The van der Waals surface area contributed by atoms with Gasteiger partial charge in [-0.05, 0) is 30.2 Å². The number of hydrogen-bond donors (Lipinski definition) is 1. The number of carbonyl (C=O) groups is 1. The summed E-state index contributed by atoms with van der Waals surface area (Å²) in [6.45, 7) is 2.23. The van der Waals surface area contributed by atoms with Gasteiger partial charge in [-0.2, -0.15) is 0 Å². The lowest BCUT2D eigenvalue weighted by Crippen LogP contribution is -2.30. The van der Waals surface area contributed by atoms with Gasteiger partial charge in [0.05, 0.1) is 6.04 Å². The fourth-order valence-corrected chi connectivity index (χ4v) is 1.98. The van der Waals surface area contributed by atoms with Crippen LogP contribution in [0.25, 0.3) is 0 Å². The maximum absolute atomic E-state index is 12.1. The molecule has 110 valence electrons. The molecule has 0 aliphatic rings. The van der Waals surface area contributed by atoms with Crippen LogP contribution < -0.4 is 5.73 Å². The van der Waals surface area contributed by atoms with E-state index in [2.05, 4.69) is 0 Å². The van der Waals surface area contributed by atoms with Crippen molar-refractivity contribution in [3.63, 3.8) is 0 Å². The third-order valence-corrected chi connectivity index (χ3v) is 3.49. The minimum atomic E-state index is -0.344. The van der Waals surface area contributed by atoms with Crippen molar-refractivity contribution in [2.75, 3.05) is 12.8 Å². The molecule has 0 saturated heterocycles. The van der Waals surface area contributed by atoms with E-state index in [-0.39, 0.29) is 18.7 Å². The highest BCUT2D eigenvalue weighted by molar-refractivity contribution is 5.68. The Balaban J connectivity index is 1.94. The second kappa shape index (κ2) is 6.79. The molecule has 0 saturated carbocycles. The Labute approximate surface area is 125 Å². The first-order valence-electron chi connectivity index (χ1n) is 6.87. The first kappa shape index (κ1) is 14.9. The molecule has 0 aliphatic carbocycles. The van der Waals surface area contributed by atoms with Crippen LogP contribution in [-0.2, 0) is 11.3 Å². The molecule has 0 fully saturated rings. The number of carbonyl (C=O) groups excluding carboxylic acids is 1. The summed E-state index contributed by atoms with van der Waals surface area (Å²) in [5, 5.41) is 0. The number of rotatable bonds is 4. The lowest BCUT2D eigenvalue weighted by atomic mass is 10.1. The van der Waals surface area contributed by atoms with Crippen LogP contribution in [0, 0.1) is 0 Å². The lowest BCUT2D eigenvalue weighted by molar-refractivity contribution is 0.0934. The summed E-state index contributed by atoms with van der Waals surface area (Å²) in [5.74, 6) is 0. The van der Waals surface area contributed by atoms with Gasteiger partial charge in [-0.25, -0.2) is 4.79 Å². The van der Waals surface area contributed by atoms with Gasteiger partial charge in [0.1, 0.15) is 6.61 Å². The molecular formula is C17H20N2O2. The van der Waals surface area contributed by atoms with E-state index in [9.17, 15) is 4.79 Å². The molecule has 0 heterocycles. The highest BCUT2D eigenvalue weighted by atomic mass is 16.6. The maximum atomic E-state index is 12.1. The molecule has 4 heteroatoms. The second-order valence-electron chi connectivity index (χ2n) is 4.99. The number of nitrogens with two attached hydrogens (primary N) is 1. The monoisotopic (exact) mass is 284 g/mol. The zero-order chi connectivity index (χ0) is 15.2. The summed E-state index contributed by atoms with van der Waals surface area (Å²) in [7, 11) is 1.73. The minimum absolute atomic E-state index is 0.0751. The van der Waals surface area contributed by atoms with E-state index in [0.717, 1.165) is 11.1 Å². The number of nitrogens with zero attached hydrogens (tertiary/aromatic N) is 1. The molecule has 0 aromatic heterocycles. The van der Waals surface area contributed by atoms with Crippen LogP contribution in [-0.4, -0.2) is 18.0 Å². The fourth-order valence-electron chi connectivity index (χ4n) is 1.98. The number of benzene rings is 2. The third kappa shape index (κ3) is 3.99. The highest BCUT2D eigenvalue weighted by Gasteiger charge is 2.18. The topological polar surface area (TPSA) is 55.6 Å². The predicted octanol–water partition coefficient (Wildman–Crippen LogP) is 3.60. The molecule has 0 unspecified atom stereocenters. The van der Waals surface area contributed by atoms with Gasteiger partial charge in [0, 0.05) is 12.7 Å². The van der Waals surface area contributed by atoms with Crippen molar-refractivity contribution < 1.29 is 9.53 Å². The summed E-state index contributed by atoms with van der Waals surface area (Å²) in [5.41, 5.74) is 8.37. The molecule has 0 spiro atoms. The summed E-state index contributed by atoms with van der Waals surface area (Å²) < 4.78 is 5.32. The van der Waals surface area contributed by atoms with Gasteiger partial charge < -0.3 is 15.4 Å². The number of anilines is 1. The smallest absolute Gasteiger partial charge is 0.410 e. The largest absolute Gasteiger partial charge is 0.445 e. The quantitative estimate of drug-likeness (QED) is 0.873. The zero-order valence-corrected chi connectivity index (χ0v) is 12.3. The van der Waals surface area contributed by atoms with Crippen LogP contribution >= 0.6 is 0 Å². The maximum Gasteiger partial charge on any atom is 0.410 e.